The van der Waals surface area contributed by atoms with E-state index in [1.807, 2.05) is 19.9 Å². The number of hydrogen-bond acceptors (Lipinski definition) is 5. The van der Waals surface area contributed by atoms with Gasteiger partial charge in [0.15, 0.2) is 0 Å². The van der Waals surface area contributed by atoms with Crippen LogP contribution in [0.2, 0.25) is 5.02 Å². The molecule has 0 saturated heterocycles. The van der Waals surface area contributed by atoms with E-state index in [2.05, 4.69) is 20.6 Å². The normalized spacial score (nSPS) is 10.4. The first-order valence-electron chi connectivity index (χ1n) is 7.90. The molecule has 132 valence electrons. The lowest BCUT2D eigenvalue weighted by Crippen LogP contribution is -2.12. The number of phenolic OH excluding ortho intramolecular Hbond substituents is 1. The van der Waals surface area contributed by atoms with Crippen molar-refractivity contribution in [3.63, 3.8) is 0 Å². The van der Waals surface area contributed by atoms with Gasteiger partial charge in [-0.2, -0.15) is 0 Å². The number of benzene rings is 2. The number of amides is 1. The molecule has 0 fully saturated rings. The van der Waals surface area contributed by atoms with Gasteiger partial charge in [-0.05, 0) is 62.4 Å². The summed E-state index contributed by atoms with van der Waals surface area (Å²) < 4.78 is 0. The van der Waals surface area contributed by atoms with Crippen molar-refractivity contribution in [1.29, 1.82) is 0 Å². The minimum Gasteiger partial charge on any atom is -0.506 e. The molecule has 0 aliphatic rings. The van der Waals surface area contributed by atoms with E-state index in [4.69, 9.17) is 11.6 Å². The molecule has 0 spiro atoms. The molecule has 3 rings (SSSR count). The number of carbonyl (C=O) groups is 1. The molecule has 0 radical (unpaired) electrons. The molecule has 1 aromatic heterocycles. The molecule has 0 aliphatic carbocycles. The standard InChI is InChI=1S/C19H17ClN4O2/c1-11-9-12(2)22-19(21-11)23-15-6-3-13(4-7-15)18(26)24-16-10-14(20)5-8-17(16)25/h3-10,25H,1-2H3,(H,24,26)(H,21,22,23). The van der Waals surface area contributed by atoms with Gasteiger partial charge in [0.1, 0.15) is 5.75 Å². The van der Waals surface area contributed by atoms with Crippen LogP contribution in [0.5, 0.6) is 5.75 Å². The molecule has 0 saturated carbocycles. The van der Waals surface area contributed by atoms with Crippen LogP contribution in [-0.2, 0) is 0 Å². The first kappa shape index (κ1) is 17.7. The van der Waals surface area contributed by atoms with Crippen LogP contribution in [0.4, 0.5) is 17.3 Å². The number of nitrogens with zero attached hydrogens (tertiary/aromatic N) is 2. The van der Waals surface area contributed by atoms with E-state index in [0.717, 1.165) is 17.1 Å². The number of halogens is 1. The molecule has 0 unspecified atom stereocenters. The molecule has 2 aromatic carbocycles. The molecule has 0 atom stereocenters. The van der Waals surface area contributed by atoms with E-state index < -0.39 is 0 Å². The number of anilines is 3. The van der Waals surface area contributed by atoms with Gasteiger partial charge in [0.2, 0.25) is 5.95 Å². The van der Waals surface area contributed by atoms with Gasteiger partial charge in [-0.3, -0.25) is 4.79 Å². The van der Waals surface area contributed by atoms with Gasteiger partial charge in [0.05, 0.1) is 5.69 Å². The Hall–Kier alpha value is -3.12. The Labute approximate surface area is 155 Å². The van der Waals surface area contributed by atoms with E-state index in [0.29, 0.717) is 16.5 Å². The Kier molecular flexibility index (Phi) is 5.04. The third-order valence-electron chi connectivity index (χ3n) is 3.59. The van der Waals surface area contributed by atoms with Gasteiger partial charge in [-0.1, -0.05) is 11.6 Å². The molecule has 1 amide bonds. The topological polar surface area (TPSA) is 87.1 Å². The summed E-state index contributed by atoms with van der Waals surface area (Å²) in [7, 11) is 0. The second-order valence-corrected chi connectivity index (χ2v) is 6.23. The van der Waals surface area contributed by atoms with Gasteiger partial charge in [0, 0.05) is 27.7 Å². The number of aryl methyl sites for hydroxylation is 2. The van der Waals surface area contributed by atoms with Crippen molar-refractivity contribution >= 4 is 34.8 Å². The smallest absolute Gasteiger partial charge is 0.255 e. The van der Waals surface area contributed by atoms with E-state index in [1.165, 1.54) is 12.1 Å². The number of aromatic hydroxyl groups is 1. The zero-order valence-corrected chi connectivity index (χ0v) is 15.0. The molecule has 26 heavy (non-hydrogen) atoms. The van der Waals surface area contributed by atoms with Crippen LogP contribution in [0.25, 0.3) is 0 Å². The lowest BCUT2D eigenvalue weighted by atomic mass is 10.2. The Morgan fingerprint density at radius 1 is 1.00 bits per heavy atom. The average Bonchev–Trinajstić information content (AvgIpc) is 2.58. The van der Waals surface area contributed by atoms with Crippen LogP contribution in [0.1, 0.15) is 21.7 Å². The minimum atomic E-state index is -0.350. The first-order valence-corrected chi connectivity index (χ1v) is 8.28. The summed E-state index contributed by atoms with van der Waals surface area (Å²) in [5, 5.41) is 15.9. The highest BCUT2D eigenvalue weighted by Gasteiger charge is 2.10. The first-order chi connectivity index (χ1) is 12.4. The summed E-state index contributed by atoms with van der Waals surface area (Å²) in [6, 6.07) is 13.2. The maximum absolute atomic E-state index is 12.3. The van der Waals surface area contributed by atoms with Gasteiger partial charge in [0.25, 0.3) is 5.91 Å². The zero-order valence-electron chi connectivity index (χ0n) is 14.2. The van der Waals surface area contributed by atoms with Crippen molar-refractivity contribution in [1.82, 2.24) is 9.97 Å². The molecule has 6 nitrogen and oxygen atoms in total. The fourth-order valence-electron chi connectivity index (χ4n) is 2.42. The third kappa shape index (κ3) is 4.29. The summed E-state index contributed by atoms with van der Waals surface area (Å²) >= 11 is 5.88. The van der Waals surface area contributed by atoms with Crippen molar-refractivity contribution < 1.29 is 9.90 Å². The van der Waals surface area contributed by atoms with Crippen LogP contribution in [0.3, 0.4) is 0 Å². The van der Waals surface area contributed by atoms with Gasteiger partial charge < -0.3 is 15.7 Å². The second-order valence-electron chi connectivity index (χ2n) is 5.79. The Balaban J connectivity index is 1.72. The van der Waals surface area contributed by atoms with Gasteiger partial charge in [-0.25, -0.2) is 9.97 Å². The van der Waals surface area contributed by atoms with E-state index >= 15 is 0 Å². The quantitative estimate of drug-likeness (QED) is 0.592. The second kappa shape index (κ2) is 7.41. The molecule has 0 aliphatic heterocycles. The highest BCUT2D eigenvalue weighted by molar-refractivity contribution is 6.31. The predicted molar refractivity (Wildman–Crippen MR) is 102 cm³/mol. The molecular formula is C19H17ClN4O2. The Bertz CT molecular complexity index is 938. The number of hydrogen-bond donors (Lipinski definition) is 3. The van der Waals surface area contributed by atoms with Gasteiger partial charge in [-0.15, -0.1) is 0 Å². The summed E-state index contributed by atoms with van der Waals surface area (Å²) in [6.45, 7) is 3.80. The summed E-state index contributed by atoms with van der Waals surface area (Å²) in [6.07, 6.45) is 0. The summed E-state index contributed by atoms with van der Waals surface area (Å²) in [5.41, 5.74) is 3.21. The summed E-state index contributed by atoms with van der Waals surface area (Å²) in [4.78, 5) is 21.0. The Morgan fingerprint density at radius 2 is 1.65 bits per heavy atom. The SMILES string of the molecule is Cc1cc(C)nc(Nc2ccc(C(=O)Nc3cc(Cl)ccc3O)cc2)n1. The van der Waals surface area contributed by atoms with Crippen LogP contribution in [-0.4, -0.2) is 21.0 Å². The highest BCUT2D eigenvalue weighted by Crippen LogP contribution is 2.27. The lowest BCUT2D eigenvalue weighted by molar-refractivity contribution is 0.102. The maximum atomic E-state index is 12.3. The number of nitrogens with one attached hydrogen (secondary N) is 2. The monoisotopic (exact) mass is 368 g/mol. The number of carbonyl (C=O) groups excluding carboxylic acids is 1. The Morgan fingerprint density at radius 3 is 2.31 bits per heavy atom. The van der Waals surface area contributed by atoms with E-state index in [1.54, 1.807) is 30.3 Å². The zero-order chi connectivity index (χ0) is 18.7. The van der Waals surface area contributed by atoms with Crippen molar-refractivity contribution in [2.45, 2.75) is 13.8 Å². The van der Waals surface area contributed by atoms with Crippen molar-refractivity contribution in [3.05, 3.63) is 70.5 Å². The average molecular weight is 369 g/mol. The van der Waals surface area contributed by atoms with Crippen LogP contribution < -0.4 is 10.6 Å². The molecule has 7 heteroatoms. The van der Waals surface area contributed by atoms with Crippen LogP contribution in [0, 0.1) is 13.8 Å². The van der Waals surface area contributed by atoms with E-state index in [-0.39, 0.29) is 17.3 Å². The fraction of sp³-hybridized carbons (Fsp3) is 0.105. The highest BCUT2D eigenvalue weighted by atomic mass is 35.5. The maximum Gasteiger partial charge on any atom is 0.255 e. The molecular weight excluding hydrogens is 352 g/mol. The molecule has 3 N–H and O–H groups in total. The lowest BCUT2D eigenvalue weighted by Gasteiger charge is -2.09. The van der Waals surface area contributed by atoms with Gasteiger partial charge >= 0.3 is 0 Å². The van der Waals surface area contributed by atoms with Crippen molar-refractivity contribution in [2.75, 3.05) is 10.6 Å². The fourth-order valence-corrected chi connectivity index (χ4v) is 2.59. The number of aromatic nitrogens is 2. The minimum absolute atomic E-state index is 0.0481. The largest absolute Gasteiger partial charge is 0.506 e. The van der Waals surface area contributed by atoms with Crippen molar-refractivity contribution in [3.8, 4) is 5.75 Å². The van der Waals surface area contributed by atoms with E-state index in [9.17, 15) is 9.90 Å². The third-order valence-corrected chi connectivity index (χ3v) is 3.83. The van der Waals surface area contributed by atoms with Crippen molar-refractivity contribution in [2.24, 2.45) is 0 Å². The number of rotatable bonds is 4. The number of phenols is 1. The molecule has 1 heterocycles. The molecule has 3 aromatic rings. The predicted octanol–water partition coefficient (Wildman–Crippen LogP) is 4.45. The molecule has 0 bridgehead atoms. The van der Waals surface area contributed by atoms with Crippen LogP contribution >= 0.6 is 11.6 Å². The summed E-state index contributed by atoms with van der Waals surface area (Å²) in [5.74, 6) is 0.105. The van der Waals surface area contributed by atoms with Crippen LogP contribution in [0.15, 0.2) is 48.5 Å².